The Labute approximate surface area is 164 Å². The Kier molecular flexibility index (Phi) is 5.53. The summed E-state index contributed by atoms with van der Waals surface area (Å²) in [5.41, 5.74) is 2.21. The van der Waals surface area contributed by atoms with Crippen molar-refractivity contribution in [2.24, 2.45) is 7.05 Å². The van der Waals surface area contributed by atoms with Crippen LogP contribution in [-0.2, 0) is 13.6 Å². The highest BCUT2D eigenvalue weighted by molar-refractivity contribution is 5.35. The zero-order valence-corrected chi connectivity index (χ0v) is 16.3. The minimum absolute atomic E-state index is 0.350. The van der Waals surface area contributed by atoms with Crippen LogP contribution in [0.4, 0.5) is 0 Å². The van der Waals surface area contributed by atoms with Crippen LogP contribution < -0.4 is 9.47 Å². The zero-order chi connectivity index (χ0) is 19.3. The molecular formula is C21H25N5O2. The lowest BCUT2D eigenvalue weighted by atomic mass is 9.95. The highest BCUT2D eigenvalue weighted by Gasteiger charge is 2.23. The molecule has 4 rings (SSSR count). The van der Waals surface area contributed by atoms with E-state index in [1.54, 1.807) is 13.3 Å². The van der Waals surface area contributed by atoms with Gasteiger partial charge < -0.3 is 9.47 Å². The molecule has 0 N–H and O–H groups in total. The number of likely N-dealkylation sites (tertiary alicyclic amines) is 1. The number of hydrogen-bond acceptors (Lipinski definition) is 6. The highest BCUT2D eigenvalue weighted by atomic mass is 16.5. The number of rotatable bonds is 6. The Hall–Kier alpha value is -2.93. The summed E-state index contributed by atoms with van der Waals surface area (Å²) < 4.78 is 13.1. The maximum Gasteiger partial charge on any atom is 0.238 e. The van der Waals surface area contributed by atoms with E-state index in [9.17, 15) is 0 Å². The number of benzene rings is 1. The van der Waals surface area contributed by atoms with Crippen molar-refractivity contribution in [2.45, 2.75) is 25.3 Å². The zero-order valence-electron chi connectivity index (χ0n) is 16.3. The number of nitrogens with zero attached hydrogens (tertiary/aromatic N) is 5. The van der Waals surface area contributed by atoms with Crippen LogP contribution in [0.5, 0.6) is 17.4 Å². The molecule has 0 amide bonds. The van der Waals surface area contributed by atoms with E-state index in [0.29, 0.717) is 17.5 Å². The molecule has 1 aliphatic rings. The first kappa shape index (κ1) is 18.4. The molecule has 146 valence electrons. The number of ether oxygens (including phenoxy) is 2. The Morgan fingerprint density at radius 2 is 2.07 bits per heavy atom. The minimum Gasteiger partial charge on any atom is -0.497 e. The molecule has 1 atom stereocenters. The monoisotopic (exact) mass is 379 g/mol. The van der Waals surface area contributed by atoms with E-state index >= 15 is 0 Å². The van der Waals surface area contributed by atoms with Crippen LogP contribution in [-0.4, -0.2) is 44.8 Å². The van der Waals surface area contributed by atoms with Crippen molar-refractivity contribution in [3.05, 3.63) is 60.3 Å². The van der Waals surface area contributed by atoms with Gasteiger partial charge in [0.05, 0.1) is 24.7 Å². The molecule has 2 aromatic heterocycles. The summed E-state index contributed by atoms with van der Waals surface area (Å²) in [5, 5.41) is 4.27. The first-order chi connectivity index (χ1) is 13.7. The van der Waals surface area contributed by atoms with E-state index in [0.717, 1.165) is 43.9 Å². The molecule has 0 aliphatic carbocycles. The van der Waals surface area contributed by atoms with E-state index in [-0.39, 0.29) is 0 Å². The van der Waals surface area contributed by atoms with Crippen LogP contribution in [0.2, 0.25) is 0 Å². The Morgan fingerprint density at radius 3 is 2.89 bits per heavy atom. The number of hydrogen-bond donors (Lipinski definition) is 0. The first-order valence-corrected chi connectivity index (χ1v) is 9.54. The van der Waals surface area contributed by atoms with Crippen molar-refractivity contribution >= 4 is 0 Å². The van der Waals surface area contributed by atoms with Gasteiger partial charge in [0.25, 0.3) is 0 Å². The van der Waals surface area contributed by atoms with Crippen molar-refractivity contribution in [3.63, 3.8) is 0 Å². The number of aryl methyl sites for hydroxylation is 1. The van der Waals surface area contributed by atoms with Gasteiger partial charge in [-0.15, -0.1) is 0 Å². The summed E-state index contributed by atoms with van der Waals surface area (Å²) in [5.74, 6) is 2.30. The van der Waals surface area contributed by atoms with Gasteiger partial charge in [0, 0.05) is 44.5 Å². The Bertz CT molecular complexity index is 926. The average molecular weight is 379 g/mol. The van der Waals surface area contributed by atoms with Gasteiger partial charge in [-0.05, 0) is 37.6 Å². The second-order valence-electron chi connectivity index (χ2n) is 7.08. The lowest BCUT2D eigenvalue weighted by molar-refractivity contribution is 0.193. The van der Waals surface area contributed by atoms with E-state index in [2.05, 4.69) is 21.0 Å². The van der Waals surface area contributed by atoms with Gasteiger partial charge in [-0.2, -0.15) is 5.10 Å². The summed E-state index contributed by atoms with van der Waals surface area (Å²) in [6.45, 7) is 2.96. The Morgan fingerprint density at radius 1 is 1.18 bits per heavy atom. The standard InChI is InChI=1S/C21H25N5O2/c1-25-17(8-9-23-25)15-26-10-4-5-16(14-26)20-12-22-13-21(24-20)28-19-7-3-6-18(11-19)27-2/h3,6-9,11-13,16H,4-5,10,14-15H2,1-2H3/t16-/m0/s1. The largest absolute Gasteiger partial charge is 0.497 e. The molecule has 0 radical (unpaired) electrons. The molecule has 1 aromatic carbocycles. The second-order valence-corrected chi connectivity index (χ2v) is 7.08. The number of aromatic nitrogens is 4. The molecule has 0 spiro atoms. The van der Waals surface area contributed by atoms with E-state index in [1.165, 1.54) is 5.69 Å². The van der Waals surface area contributed by atoms with Gasteiger partial charge in [0.1, 0.15) is 11.5 Å². The van der Waals surface area contributed by atoms with Crippen molar-refractivity contribution in [2.75, 3.05) is 20.2 Å². The third-order valence-electron chi connectivity index (χ3n) is 5.13. The van der Waals surface area contributed by atoms with Crippen molar-refractivity contribution in [1.82, 2.24) is 24.6 Å². The van der Waals surface area contributed by atoms with Crippen molar-refractivity contribution < 1.29 is 9.47 Å². The number of methoxy groups -OCH3 is 1. The van der Waals surface area contributed by atoms with Crippen molar-refractivity contribution in [1.29, 1.82) is 0 Å². The second kappa shape index (κ2) is 8.39. The fourth-order valence-electron chi connectivity index (χ4n) is 3.62. The predicted molar refractivity (Wildman–Crippen MR) is 106 cm³/mol. The molecular weight excluding hydrogens is 354 g/mol. The van der Waals surface area contributed by atoms with Crippen LogP contribution in [0.25, 0.3) is 0 Å². The summed E-state index contributed by atoms with van der Waals surface area (Å²) in [4.78, 5) is 11.5. The van der Waals surface area contributed by atoms with Gasteiger partial charge in [-0.3, -0.25) is 14.6 Å². The van der Waals surface area contributed by atoms with Crippen molar-refractivity contribution in [3.8, 4) is 17.4 Å². The normalized spacial score (nSPS) is 17.4. The summed E-state index contributed by atoms with van der Waals surface area (Å²) in [6.07, 6.45) is 7.61. The molecule has 3 aromatic rings. The van der Waals surface area contributed by atoms with Gasteiger partial charge in [0.15, 0.2) is 0 Å². The smallest absolute Gasteiger partial charge is 0.238 e. The average Bonchev–Trinajstić information content (AvgIpc) is 3.13. The topological polar surface area (TPSA) is 65.3 Å². The van der Waals surface area contributed by atoms with Gasteiger partial charge >= 0.3 is 0 Å². The molecule has 7 heteroatoms. The third-order valence-corrected chi connectivity index (χ3v) is 5.13. The molecule has 7 nitrogen and oxygen atoms in total. The summed E-state index contributed by atoms with van der Waals surface area (Å²) >= 11 is 0. The molecule has 28 heavy (non-hydrogen) atoms. The molecule has 0 saturated carbocycles. The molecule has 1 aliphatic heterocycles. The third kappa shape index (κ3) is 4.31. The molecule has 1 fully saturated rings. The van der Waals surface area contributed by atoms with E-state index in [4.69, 9.17) is 14.5 Å². The van der Waals surface area contributed by atoms with Crippen LogP contribution >= 0.6 is 0 Å². The molecule has 0 unspecified atom stereocenters. The lowest BCUT2D eigenvalue weighted by Crippen LogP contribution is -2.34. The first-order valence-electron chi connectivity index (χ1n) is 9.54. The van der Waals surface area contributed by atoms with E-state index in [1.807, 2.05) is 48.4 Å². The van der Waals surface area contributed by atoms with Crippen LogP contribution in [0.15, 0.2) is 48.9 Å². The molecule has 1 saturated heterocycles. The SMILES string of the molecule is COc1cccc(Oc2cncc([C@H]3CCCN(Cc4ccnn4C)C3)n2)c1. The maximum atomic E-state index is 5.90. The highest BCUT2D eigenvalue weighted by Crippen LogP contribution is 2.29. The number of piperidine rings is 1. The van der Waals surface area contributed by atoms with Crippen LogP contribution in [0, 0.1) is 0 Å². The Balaban J connectivity index is 1.45. The lowest BCUT2D eigenvalue weighted by Gasteiger charge is -2.32. The van der Waals surface area contributed by atoms with Crippen LogP contribution in [0.1, 0.15) is 30.1 Å². The van der Waals surface area contributed by atoms with Gasteiger partial charge in [0.2, 0.25) is 5.88 Å². The molecule has 0 bridgehead atoms. The predicted octanol–water partition coefficient (Wildman–Crippen LogP) is 3.39. The minimum atomic E-state index is 0.350. The van der Waals surface area contributed by atoms with Gasteiger partial charge in [-0.25, -0.2) is 4.98 Å². The molecule has 3 heterocycles. The van der Waals surface area contributed by atoms with Gasteiger partial charge in [-0.1, -0.05) is 6.07 Å². The fraction of sp³-hybridized carbons (Fsp3) is 0.381. The van der Waals surface area contributed by atoms with E-state index < -0.39 is 0 Å². The summed E-state index contributed by atoms with van der Waals surface area (Å²) in [6, 6.07) is 9.57. The fourth-order valence-corrected chi connectivity index (χ4v) is 3.62. The van der Waals surface area contributed by atoms with Crippen LogP contribution in [0.3, 0.4) is 0 Å². The summed E-state index contributed by atoms with van der Waals surface area (Å²) in [7, 11) is 3.63. The quantitative estimate of drug-likeness (QED) is 0.654. The maximum absolute atomic E-state index is 5.90.